The van der Waals surface area contributed by atoms with Crippen molar-refractivity contribution in [2.75, 3.05) is 6.61 Å². The Labute approximate surface area is 138 Å². The van der Waals surface area contributed by atoms with Crippen LogP contribution in [0.4, 0.5) is 4.79 Å². The number of hydrogen-bond acceptors (Lipinski definition) is 2. The Morgan fingerprint density at radius 3 is 2.43 bits per heavy atom. The Balaban J connectivity index is 1.82. The quantitative estimate of drug-likeness (QED) is 0.872. The number of nitrogens with zero attached hydrogens (tertiary/aromatic N) is 1. The monoisotopic (exact) mass is 314 g/mol. The molecule has 0 radical (unpaired) electrons. The predicted molar refractivity (Wildman–Crippen MR) is 93.0 cm³/mol. The van der Waals surface area contributed by atoms with Gasteiger partial charge in [0, 0.05) is 18.9 Å². The Bertz CT molecular complexity index is 533. The summed E-state index contributed by atoms with van der Waals surface area (Å²) < 4.78 is 5.66. The van der Waals surface area contributed by atoms with Gasteiger partial charge in [-0.25, -0.2) is 4.79 Å². The maximum atomic E-state index is 12.2. The topological polar surface area (TPSA) is 41.6 Å². The Kier molecular flexibility index (Phi) is 6.73. The van der Waals surface area contributed by atoms with Crippen LogP contribution in [0.1, 0.15) is 38.7 Å². The molecule has 1 heterocycles. The van der Waals surface area contributed by atoms with Gasteiger partial charge in [-0.1, -0.05) is 38.1 Å². The summed E-state index contributed by atoms with van der Waals surface area (Å²) in [7, 11) is 0. The maximum Gasteiger partial charge on any atom is 0.325 e. The van der Waals surface area contributed by atoms with Gasteiger partial charge in [0.05, 0.1) is 6.61 Å². The minimum Gasteiger partial charge on any atom is -0.493 e. The molecule has 2 rings (SSSR count). The number of rotatable bonds is 5. The molecule has 1 N–H and O–H groups in total. The summed E-state index contributed by atoms with van der Waals surface area (Å²) in [4.78, 5) is 13.8. The minimum atomic E-state index is -0.112. The van der Waals surface area contributed by atoms with E-state index in [0.29, 0.717) is 19.1 Å². The van der Waals surface area contributed by atoms with Crippen molar-refractivity contribution in [3.05, 3.63) is 54.4 Å². The molecule has 0 spiro atoms. The lowest BCUT2D eigenvalue weighted by atomic mass is 10.2. The van der Waals surface area contributed by atoms with Crippen molar-refractivity contribution >= 4 is 6.03 Å². The third-order valence-electron chi connectivity index (χ3n) is 3.46. The number of benzene rings is 1. The first-order chi connectivity index (χ1) is 11.1. The van der Waals surface area contributed by atoms with Crippen molar-refractivity contribution in [2.24, 2.45) is 5.92 Å². The Hall–Kier alpha value is -2.23. The predicted octanol–water partition coefficient (Wildman–Crippen LogP) is 4.44. The van der Waals surface area contributed by atoms with E-state index < -0.39 is 0 Å². The molecular formula is C19H26N2O2. The average molecular weight is 314 g/mol. The summed E-state index contributed by atoms with van der Waals surface area (Å²) in [5.41, 5.74) is 1.05. The van der Waals surface area contributed by atoms with Gasteiger partial charge >= 0.3 is 6.03 Å². The van der Waals surface area contributed by atoms with E-state index in [-0.39, 0.29) is 6.03 Å². The van der Waals surface area contributed by atoms with Crippen LogP contribution in [0, 0.1) is 5.92 Å². The van der Waals surface area contributed by atoms with E-state index in [9.17, 15) is 4.79 Å². The number of nitrogens with one attached hydrogen (secondary N) is 1. The van der Waals surface area contributed by atoms with Crippen molar-refractivity contribution < 1.29 is 9.53 Å². The summed E-state index contributed by atoms with van der Waals surface area (Å²) in [5, 5.41) is 2.93. The van der Waals surface area contributed by atoms with Crippen molar-refractivity contribution in [3.63, 3.8) is 0 Å². The first kappa shape index (κ1) is 17.1. The van der Waals surface area contributed by atoms with Crippen molar-refractivity contribution in [1.82, 2.24) is 10.2 Å². The molecule has 0 aliphatic carbocycles. The molecule has 0 bridgehead atoms. The number of hydrogen-bond donors (Lipinski definition) is 1. The smallest absolute Gasteiger partial charge is 0.325 e. The molecule has 0 aromatic heterocycles. The second kappa shape index (κ2) is 9.03. The van der Waals surface area contributed by atoms with E-state index in [1.54, 1.807) is 4.90 Å². The van der Waals surface area contributed by atoms with E-state index in [2.05, 4.69) is 19.2 Å². The van der Waals surface area contributed by atoms with Gasteiger partial charge in [-0.2, -0.15) is 0 Å². The lowest BCUT2D eigenvalue weighted by molar-refractivity contribution is 0.225. The van der Waals surface area contributed by atoms with Gasteiger partial charge < -0.3 is 10.1 Å². The summed E-state index contributed by atoms with van der Waals surface area (Å²) in [6.07, 6.45) is 10.9. The van der Waals surface area contributed by atoms with Gasteiger partial charge in [-0.3, -0.25) is 4.90 Å². The zero-order chi connectivity index (χ0) is 16.5. The fourth-order valence-corrected chi connectivity index (χ4v) is 2.15. The molecule has 1 aliphatic rings. The van der Waals surface area contributed by atoms with Gasteiger partial charge in [0.1, 0.15) is 5.75 Å². The molecule has 23 heavy (non-hydrogen) atoms. The Morgan fingerprint density at radius 2 is 1.83 bits per heavy atom. The number of amides is 2. The van der Waals surface area contributed by atoms with Crippen LogP contribution in [0.5, 0.6) is 5.75 Å². The van der Waals surface area contributed by atoms with Gasteiger partial charge in [0.15, 0.2) is 0 Å². The molecule has 1 aliphatic heterocycles. The maximum absolute atomic E-state index is 12.2. The molecule has 0 fully saturated rings. The van der Waals surface area contributed by atoms with Gasteiger partial charge in [0.2, 0.25) is 0 Å². The largest absolute Gasteiger partial charge is 0.493 e. The molecule has 1 aromatic rings. The molecule has 4 heteroatoms. The molecule has 4 nitrogen and oxygen atoms in total. The first-order valence-corrected chi connectivity index (χ1v) is 8.26. The highest BCUT2D eigenvalue weighted by Crippen LogP contribution is 2.13. The zero-order valence-electron chi connectivity index (χ0n) is 14.0. The third kappa shape index (κ3) is 6.19. The van der Waals surface area contributed by atoms with Crippen LogP contribution in [0.25, 0.3) is 0 Å². The first-order valence-electron chi connectivity index (χ1n) is 8.26. The zero-order valence-corrected chi connectivity index (χ0v) is 14.0. The highest BCUT2D eigenvalue weighted by Gasteiger charge is 2.08. The normalized spacial score (nSPS) is 15.9. The van der Waals surface area contributed by atoms with Crippen LogP contribution in [0.2, 0.25) is 0 Å². The molecule has 2 amide bonds. The van der Waals surface area contributed by atoms with Crippen molar-refractivity contribution in [3.8, 4) is 5.75 Å². The van der Waals surface area contributed by atoms with E-state index in [1.165, 1.54) is 0 Å². The van der Waals surface area contributed by atoms with Gasteiger partial charge in [0.25, 0.3) is 0 Å². The lowest BCUT2D eigenvalue weighted by Crippen LogP contribution is -2.32. The van der Waals surface area contributed by atoms with E-state index >= 15 is 0 Å². The average Bonchev–Trinajstić information content (AvgIpc) is 2.51. The molecule has 1 aromatic carbocycles. The number of carbonyl (C=O) groups excluding carboxylic acids is 1. The fourth-order valence-electron chi connectivity index (χ4n) is 2.15. The molecule has 0 saturated heterocycles. The molecular weight excluding hydrogens is 288 g/mol. The van der Waals surface area contributed by atoms with E-state index in [0.717, 1.165) is 30.6 Å². The van der Waals surface area contributed by atoms with Crippen LogP contribution in [0.3, 0.4) is 0 Å². The highest BCUT2D eigenvalue weighted by molar-refractivity contribution is 5.76. The van der Waals surface area contributed by atoms with Crippen LogP contribution in [-0.2, 0) is 6.54 Å². The standard InChI is InChI=1S/C19H26N2O2/c1-16(2)15-23-18-10-8-17(9-11-18)14-20-19(22)21-12-6-4-3-5-7-13-21/h6-13,16H,3-5,14-15H2,1-2H3,(H,20,22)/b12-6-,13-7?. The summed E-state index contributed by atoms with van der Waals surface area (Å²) in [5.74, 6) is 1.37. The second-order valence-electron chi connectivity index (χ2n) is 6.12. The van der Waals surface area contributed by atoms with Crippen LogP contribution < -0.4 is 10.1 Å². The molecule has 0 saturated carbocycles. The number of urea groups is 1. The van der Waals surface area contributed by atoms with E-state index in [1.807, 2.05) is 48.8 Å². The fraction of sp³-hybridized carbons (Fsp3) is 0.421. The summed E-state index contributed by atoms with van der Waals surface area (Å²) in [6.45, 7) is 5.46. The van der Waals surface area contributed by atoms with Crippen molar-refractivity contribution in [1.29, 1.82) is 0 Å². The third-order valence-corrected chi connectivity index (χ3v) is 3.46. The Morgan fingerprint density at radius 1 is 1.17 bits per heavy atom. The lowest BCUT2D eigenvalue weighted by Gasteiger charge is -2.16. The van der Waals surface area contributed by atoms with Crippen LogP contribution in [0.15, 0.2) is 48.8 Å². The van der Waals surface area contributed by atoms with Crippen LogP contribution in [-0.4, -0.2) is 17.5 Å². The molecule has 0 unspecified atom stereocenters. The number of ether oxygens (including phenoxy) is 1. The van der Waals surface area contributed by atoms with E-state index in [4.69, 9.17) is 4.74 Å². The number of allylic oxidation sites excluding steroid dienone is 2. The number of carbonyl (C=O) groups is 1. The highest BCUT2D eigenvalue weighted by atomic mass is 16.5. The second-order valence-corrected chi connectivity index (χ2v) is 6.12. The summed E-state index contributed by atoms with van der Waals surface area (Å²) >= 11 is 0. The molecule has 124 valence electrons. The van der Waals surface area contributed by atoms with Crippen LogP contribution >= 0.6 is 0 Å². The van der Waals surface area contributed by atoms with Crippen molar-refractivity contribution in [2.45, 2.75) is 39.7 Å². The minimum absolute atomic E-state index is 0.112. The molecule has 0 atom stereocenters. The summed E-state index contributed by atoms with van der Waals surface area (Å²) in [6, 6.07) is 7.74. The SMILES string of the molecule is CC(C)COc1ccc(CNC(=O)N2C=CCCC/C=C\2)cc1. The van der Waals surface area contributed by atoms with Gasteiger partial charge in [-0.15, -0.1) is 0 Å². The van der Waals surface area contributed by atoms with Gasteiger partial charge in [-0.05, 0) is 42.9 Å².